The molecule has 0 atom stereocenters. The Hall–Kier alpha value is -3.85. The summed E-state index contributed by atoms with van der Waals surface area (Å²) in [6.45, 7) is -0.221. The van der Waals surface area contributed by atoms with Crippen LogP contribution in [0.2, 0.25) is 0 Å². The molecule has 0 bridgehead atoms. The predicted molar refractivity (Wildman–Crippen MR) is 114 cm³/mol. The van der Waals surface area contributed by atoms with Crippen LogP contribution in [0.5, 0.6) is 5.75 Å². The maximum absolute atomic E-state index is 12.5. The van der Waals surface area contributed by atoms with Gasteiger partial charge in [0.15, 0.2) is 5.13 Å². The smallest absolute Gasteiger partial charge is 0.267 e. The average molecular weight is 419 g/mol. The Bertz CT molecular complexity index is 1240. The zero-order valence-electron chi connectivity index (χ0n) is 16.0. The van der Waals surface area contributed by atoms with Gasteiger partial charge in [0.1, 0.15) is 12.3 Å². The molecule has 1 aromatic carbocycles. The molecular formula is C21H17N5O3S. The van der Waals surface area contributed by atoms with Crippen LogP contribution in [0.15, 0.2) is 71.1 Å². The van der Waals surface area contributed by atoms with Crippen LogP contribution in [0, 0.1) is 0 Å². The summed E-state index contributed by atoms with van der Waals surface area (Å²) in [4.78, 5) is 33.0. The fourth-order valence-corrected chi connectivity index (χ4v) is 3.52. The minimum atomic E-state index is -0.386. The van der Waals surface area contributed by atoms with Crippen LogP contribution in [-0.2, 0) is 11.3 Å². The van der Waals surface area contributed by atoms with Crippen molar-refractivity contribution in [3.63, 3.8) is 0 Å². The fraction of sp³-hybridized carbons (Fsp3) is 0.0952. The number of nitrogens with one attached hydrogen (secondary N) is 1. The van der Waals surface area contributed by atoms with Crippen molar-refractivity contribution in [2.45, 2.75) is 6.54 Å². The Kier molecular flexibility index (Phi) is 5.62. The number of anilines is 1. The predicted octanol–water partition coefficient (Wildman–Crippen LogP) is 3.08. The average Bonchev–Trinajstić information content (AvgIpc) is 3.24. The normalized spacial score (nSPS) is 10.6. The number of carbonyl (C=O) groups is 1. The van der Waals surface area contributed by atoms with Crippen molar-refractivity contribution in [3.05, 3.63) is 76.7 Å². The quantitative estimate of drug-likeness (QED) is 0.516. The monoisotopic (exact) mass is 419 g/mol. The van der Waals surface area contributed by atoms with Gasteiger partial charge < -0.3 is 10.1 Å². The summed E-state index contributed by atoms with van der Waals surface area (Å²) in [5, 5.41) is 9.33. The highest BCUT2D eigenvalue weighted by atomic mass is 32.1. The van der Waals surface area contributed by atoms with Crippen LogP contribution in [-0.4, -0.2) is 32.8 Å². The molecule has 150 valence electrons. The third-order valence-corrected chi connectivity index (χ3v) is 5.01. The second-order valence-electron chi connectivity index (χ2n) is 6.27. The zero-order valence-corrected chi connectivity index (χ0v) is 16.8. The number of aromatic nitrogens is 4. The standard InChI is InChI=1S/C21H17N5O3S/c1-29-16-4-2-3-15(11-16)17-5-6-20(28)26(25-17)12-19(27)24-21-23-18(13-30-21)14-7-9-22-10-8-14/h2-11,13H,12H2,1H3,(H,23,24,27). The molecular weight excluding hydrogens is 402 g/mol. The number of benzene rings is 1. The molecule has 3 aromatic heterocycles. The highest BCUT2D eigenvalue weighted by Gasteiger charge is 2.11. The molecule has 0 aliphatic rings. The van der Waals surface area contributed by atoms with E-state index < -0.39 is 0 Å². The molecule has 0 saturated heterocycles. The Balaban J connectivity index is 1.49. The lowest BCUT2D eigenvalue weighted by Gasteiger charge is -2.08. The van der Waals surface area contributed by atoms with Crippen molar-refractivity contribution in [2.75, 3.05) is 12.4 Å². The number of rotatable bonds is 6. The van der Waals surface area contributed by atoms with Gasteiger partial charge in [-0.25, -0.2) is 9.67 Å². The van der Waals surface area contributed by atoms with Crippen LogP contribution in [0.4, 0.5) is 5.13 Å². The number of hydrogen-bond acceptors (Lipinski definition) is 7. The molecule has 4 rings (SSSR count). The highest BCUT2D eigenvalue weighted by Crippen LogP contribution is 2.24. The summed E-state index contributed by atoms with van der Waals surface area (Å²) in [6, 6.07) is 14.0. The van der Waals surface area contributed by atoms with Crippen molar-refractivity contribution >= 4 is 22.4 Å². The number of pyridine rings is 1. The zero-order chi connectivity index (χ0) is 20.9. The molecule has 0 radical (unpaired) electrons. The summed E-state index contributed by atoms with van der Waals surface area (Å²) in [7, 11) is 1.58. The third kappa shape index (κ3) is 4.41. The number of hydrogen-bond donors (Lipinski definition) is 1. The molecule has 30 heavy (non-hydrogen) atoms. The maximum Gasteiger partial charge on any atom is 0.267 e. The maximum atomic E-state index is 12.5. The van der Waals surface area contributed by atoms with Crippen molar-refractivity contribution < 1.29 is 9.53 Å². The molecule has 9 heteroatoms. The van der Waals surface area contributed by atoms with E-state index in [9.17, 15) is 9.59 Å². The number of ether oxygens (including phenoxy) is 1. The fourth-order valence-electron chi connectivity index (χ4n) is 2.78. The Morgan fingerprint density at radius 3 is 2.73 bits per heavy atom. The molecule has 0 spiro atoms. The van der Waals surface area contributed by atoms with E-state index in [0.29, 0.717) is 16.6 Å². The first-order valence-corrected chi connectivity index (χ1v) is 9.89. The number of thiazole rings is 1. The lowest BCUT2D eigenvalue weighted by atomic mass is 10.1. The van der Waals surface area contributed by atoms with Gasteiger partial charge in [-0.05, 0) is 30.3 Å². The Labute approximate surface area is 175 Å². The summed E-state index contributed by atoms with van der Waals surface area (Å²) < 4.78 is 6.35. The van der Waals surface area contributed by atoms with Gasteiger partial charge in [0.2, 0.25) is 5.91 Å². The second-order valence-corrected chi connectivity index (χ2v) is 7.13. The Morgan fingerprint density at radius 2 is 1.93 bits per heavy atom. The number of nitrogens with zero attached hydrogens (tertiary/aromatic N) is 4. The van der Waals surface area contributed by atoms with Crippen LogP contribution < -0.4 is 15.6 Å². The number of carbonyl (C=O) groups excluding carboxylic acids is 1. The molecule has 0 aliphatic carbocycles. The highest BCUT2D eigenvalue weighted by molar-refractivity contribution is 7.14. The van der Waals surface area contributed by atoms with E-state index in [1.165, 1.54) is 17.4 Å². The molecule has 0 aliphatic heterocycles. The molecule has 1 N–H and O–H groups in total. The van der Waals surface area contributed by atoms with Gasteiger partial charge >= 0.3 is 0 Å². The lowest BCUT2D eigenvalue weighted by molar-refractivity contribution is -0.117. The van der Waals surface area contributed by atoms with Gasteiger partial charge in [-0.2, -0.15) is 5.10 Å². The summed E-state index contributed by atoms with van der Waals surface area (Å²) in [5.41, 5.74) is 2.63. The number of methoxy groups -OCH3 is 1. The van der Waals surface area contributed by atoms with E-state index in [-0.39, 0.29) is 18.0 Å². The van der Waals surface area contributed by atoms with E-state index in [1.807, 2.05) is 41.8 Å². The van der Waals surface area contributed by atoms with Crippen LogP contribution >= 0.6 is 11.3 Å². The second kappa shape index (κ2) is 8.66. The van der Waals surface area contributed by atoms with Crippen LogP contribution in [0.3, 0.4) is 0 Å². The van der Waals surface area contributed by atoms with E-state index in [0.717, 1.165) is 21.5 Å². The van der Waals surface area contributed by atoms with Gasteiger partial charge in [0, 0.05) is 35.0 Å². The summed E-state index contributed by atoms with van der Waals surface area (Å²) in [6.07, 6.45) is 3.36. The summed E-state index contributed by atoms with van der Waals surface area (Å²) in [5.74, 6) is 0.293. The third-order valence-electron chi connectivity index (χ3n) is 4.25. The lowest BCUT2D eigenvalue weighted by Crippen LogP contribution is -2.29. The van der Waals surface area contributed by atoms with Gasteiger partial charge in [0.25, 0.3) is 5.56 Å². The van der Waals surface area contributed by atoms with Gasteiger partial charge in [-0.1, -0.05) is 12.1 Å². The van der Waals surface area contributed by atoms with E-state index in [1.54, 1.807) is 25.6 Å². The number of amides is 1. The minimum Gasteiger partial charge on any atom is -0.497 e. The van der Waals surface area contributed by atoms with Crippen molar-refractivity contribution in [2.24, 2.45) is 0 Å². The van der Waals surface area contributed by atoms with Crippen molar-refractivity contribution in [3.8, 4) is 28.3 Å². The van der Waals surface area contributed by atoms with Crippen LogP contribution in [0.1, 0.15) is 0 Å². The van der Waals surface area contributed by atoms with Gasteiger partial charge in [-0.15, -0.1) is 11.3 Å². The largest absolute Gasteiger partial charge is 0.497 e. The molecule has 0 fully saturated rings. The van der Waals surface area contributed by atoms with Crippen LogP contribution in [0.25, 0.3) is 22.5 Å². The van der Waals surface area contributed by atoms with E-state index in [2.05, 4.69) is 20.4 Å². The van der Waals surface area contributed by atoms with Gasteiger partial charge in [-0.3, -0.25) is 14.6 Å². The molecule has 3 heterocycles. The van der Waals surface area contributed by atoms with E-state index in [4.69, 9.17) is 4.74 Å². The first kappa shape index (κ1) is 19.5. The topological polar surface area (TPSA) is 99.0 Å². The minimum absolute atomic E-state index is 0.221. The van der Waals surface area contributed by atoms with Crippen molar-refractivity contribution in [1.29, 1.82) is 0 Å². The van der Waals surface area contributed by atoms with Crippen molar-refractivity contribution in [1.82, 2.24) is 19.7 Å². The summed E-state index contributed by atoms with van der Waals surface area (Å²) >= 11 is 1.31. The molecule has 8 nitrogen and oxygen atoms in total. The molecule has 0 saturated carbocycles. The Morgan fingerprint density at radius 1 is 1.10 bits per heavy atom. The first-order valence-electron chi connectivity index (χ1n) is 9.01. The van der Waals surface area contributed by atoms with Gasteiger partial charge in [0.05, 0.1) is 18.5 Å². The molecule has 1 amide bonds. The SMILES string of the molecule is COc1cccc(-c2ccc(=O)n(CC(=O)Nc3nc(-c4ccncc4)cs3)n2)c1. The molecule has 4 aromatic rings. The first-order chi connectivity index (χ1) is 14.6. The van der Waals surface area contributed by atoms with E-state index >= 15 is 0 Å². The molecule has 0 unspecified atom stereocenters.